The topological polar surface area (TPSA) is 67.4 Å². The number of amides is 1. The fraction of sp³-hybridized carbons (Fsp3) is 0.500. The molecule has 120 valence electrons. The van der Waals surface area contributed by atoms with Crippen LogP contribution in [-0.2, 0) is 4.79 Å². The highest BCUT2D eigenvalue weighted by Crippen LogP contribution is 2.24. The second-order valence-corrected chi connectivity index (χ2v) is 6.28. The monoisotopic (exact) mass is 368 g/mol. The van der Waals surface area contributed by atoms with Gasteiger partial charge in [-0.2, -0.15) is 0 Å². The molecule has 1 aliphatic heterocycles. The van der Waals surface area contributed by atoms with E-state index in [1.807, 2.05) is 6.07 Å². The lowest BCUT2D eigenvalue weighted by atomic mass is 10.0. The van der Waals surface area contributed by atoms with E-state index in [1.54, 1.807) is 12.1 Å². The number of hydrogen-bond acceptors (Lipinski definition) is 4. The molecule has 0 aliphatic carbocycles. The van der Waals surface area contributed by atoms with Gasteiger partial charge in [0.15, 0.2) is 5.78 Å². The van der Waals surface area contributed by atoms with Gasteiger partial charge >= 0.3 is 0 Å². The van der Waals surface area contributed by atoms with Crippen molar-refractivity contribution in [2.24, 2.45) is 0 Å². The normalized spacial score (nSPS) is 15.4. The molecule has 5 nitrogen and oxygen atoms in total. The van der Waals surface area contributed by atoms with E-state index < -0.39 is 0 Å². The van der Waals surface area contributed by atoms with Crippen molar-refractivity contribution in [3.63, 3.8) is 0 Å². The Labute approximate surface area is 138 Å². The summed E-state index contributed by atoms with van der Waals surface area (Å²) >= 11 is 3.35. The van der Waals surface area contributed by atoms with Crippen LogP contribution in [0.1, 0.15) is 36.0 Å². The van der Waals surface area contributed by atoms with Gasteiger partial charge in [0.1, 0.15) is 5.75 Å². The summed E-state index contributed by atoms with van der Waals surface area (Å²) in [5.74, 6) is 0.389. The summed E-state index contributed by atoms with van der Waals surface area (Å²) in [5, 5.41) is 6.25. The molecule has 1 aromatic rings. The molecule has 1 saturated heterocycles. The van der Waals surface area contributed by atoms with Crippen LogP contribution in [0.15, 0.2) is 22.7 Å². The number of benzene rings is 1. The maximum atomic E-state index is 12.3. The SMILES string of the molecule is COc1ccc(Br)cc1C(=O)CCC(=O)NC1CCNCC1. The number of piperidine rings is 1. The molecule has 22 heavy (non-hydrogen) atoms. The van der Waals surface area contributed by atoms with Gasteiger partial charge in [-0.15, -0.1) is 0 Å². The van der Waals surface area contributed by atoms with Crippen molar-refractivity contribution in [1.29, 1.82) is 0 Å². The maximum absolute atomic E-state index is 12.3. The summed E-state index contributed by atoms with van der Waals surface area (Å²) in [6.45, 7) is 1.86. The molecule has 1 fully saturated rings. The van der Waals surface area contributed by atoms with Gasteiger partial charge in [0, 0.05) is 23.4 Å². The van der Waals surface area contributed by atoms with Crippen molar-refractivity contribution < 1.29 is 14.3 Å². The third-order valence-corrected chi connectivity index (χ3v) is 4.24. The molecule has 1 aromatic carbocycles. The van der Waals surface area contributed by atoms with Gasteiger partial charge in [-0.3, -0.25) is 9.59 Å². The zero-order valence-electron chi connectivity index (χ0n) is 12.7. The van der Waals surface area contributed by atoms with Crippen molar-refractivity contribution in [1.82, 2.24) is 10.6 Å². The lowest BCUT2D eigenvalue weighted by Gasteiger charge is -2.23. The smallest absolute Gasteiger partial charge is 0.220 e. The van der Waals surface area contributed by atoms with Gasteiger partial charge in [0.2, 0.25) is 5.91 Å². The van der Waals surface area contributed by atoms with Gasteiger partial charge in [0.05, 0.1) is 12.7 Å². The summed E-state index contributed by atoms with van der Waals surface area (Å²) in [4.78, 5) is 24.2. The third-order valence-electron chi connectivity index (χ3n) is 3.75. The van der Waals surface area contributed by atoms with Crippen LogP contribution in [0.2, 0.25) is 0 Å². The molecule has 0 aromatic heterocycles. The number of nitrogens with one attached hydrogen (secondary N) is 2. The van der Waals surface area contributed by atoms with Crippen LogP contribution in [0.5, 0.6) is 5.75 Å². The van der Waals surface area contributed by atoms with Gasteiger partial charge < -0.3 is 15.4 Å². The van der Waals surface area contributed by atoms with Crippen LogP contribution in [-0.4, -0.2) is 37.9 Å². The van der Waals surface area contributed by atoms with E-state index >= 15 is 0 Å². The number of carbonyl (C=O) groups is 2. The molecular formula is C16H21BrN2O3. The van der Waals surface area contributed by atoms with E-state index in [0.29, 0.717) is 11.3 Å². The zero-order valence-corrected chi connectivity index (χ0v) is 14.2. The first kappa shape index (κ1) is 17.0. The first-order valence-corrected chi connectivity index (χ1v) is 8.26. The lowest BCUT2D eigenvalue weighted by molar-refractivity contribution is -0.121. The molecule has 0 bridgehead atoms. The predicted molar refractivity (Wildman–Crippen MR) is 88.3 cm³/mol. The zero-order chi connectivity index (χ0) is 15.9. The number of carbonyl (C=O) groups excluding carboxylic acids is 2. The van der Waals surface area contributed by atoms with E-state index in [2.05, 4.69) is 26.6 Å². The summed E-state index contributed by atoms with van der Waals surface area (Å²) in [6.07, 6.45) is 2.28. The molecule has 2 N–H and O–H groups in total. The second-order valence-electron chi connectivity index (χ2n) is 5.36. The molecular weight excluding hydrogens is 348 g/mol. The number of hydrogen-bond donors (Lipinski definition) is 2. The number of methoxy groups -OCH3 is 1. The van der Waals surface area contributed by atoms with E-state index in [-0.39, 0.29) is 30.6 Å². The minimum absolute atomic E-state index is 0.0609. The quantitative estimate of drug-likeness (QED) is 0.756. The Bertz CT molecular complexity index is 542. The molecule has 0 atom stereocenters. The fourth-order valence-corrected chi connectivity index (χ4v) is 2.89. The first-order valence-electron chi connectivity index (χ1n) is 7.47. The van der Waals surface area contributed by atoms with Crippen molar-refractivity contribution in [3.8, 4) is 5.75 Å². The van der Waals surface area contributed by atoms with Gasteiger partial charge in [-0.05, 0) is 44.1 Å². The number of halogens is 1. The highest BCUT2D eigenvalue weighted by atomic mass is 79.9. The Hall–Kier alpha value is -1.40. The minimum atomic E-state index is -0.0846. The third kappa shape index (κ3) is 4.81. The first-order chi connectivity index (χ1) is 10.6. The Balaban J connectivity index is 1.86. The molecule has 6 heteroatoms. The molecule has 1 amide bonds. The molecule has 1 aliphatic rings. The second kappa shape index (κ2) is 8.29. The van der Waals surface area contributed by atoms with E-state index in [4.69, 9.17) is 4.74 Å². The van der Waals surface area contributed by atoms with Crippen molar-refractivity contribution in [2.75, 3.05) is 20.2 Å². The average Bonchev–Trinajstić information content (AvgIpc) is 2.53. The van der Waals surface area contributed by atoms with Crippen molar-refractivity contribution in [3.05, 3.63) is 28.2 Å². The fourth-order valence-electron chi connectivity index (χ4n) is 2.53. The van der Waals surface area contributed by atoms with Crippen molar-refractivity contribution >= 4 is 27.6 Å². The molecule has 2 rings (SSSR count). The van der Waals surface area contributed by atoms with Crippen LogP contribution in [0.3, 0.4) is 0 Å². The maximum Gasteiger partial charge on any atom is 0.220 e. The van der Waals surface area contributed by atoms with E-state index in [9.17, 15) is 9.59 Å². The standard InChI is InChI=1S/C16H21BrN2O3/c1-22-15-4-2-11(17)10-13(15)14(20)3-5-16(21)19-12-6-8-18-9-7-12/h2,4,10,12,18H,3,5-9H2,1H3,(H,19,21). The Morgan fingerprint density at radius 1 is 1.32 bits per heavy atom. The average molecular weight is 369 g/mol. The predicted octanol–water partition coefficient (Wildman–Crippen LogP) is 2.29. The Morgan fingerprint density at radius 2 is 2.05 bits per heavy atom. The molecule has 1 heterocycles. The van der Waals surface area contributed by atoms with Gasteiger partial charge in [-0.1, -0.05) is 15.9 Å². The van der Waals surface area contributed by atoms with Crippen LogP contribution >= 0.6 is 15.9 Å². The largest absolute Gasteiger partial charge is 0.496 e. The van der Waals surface area contributed by atoms with E-state index in [0.717, 1.165) is 30.4 Å². The van der Waals surface area contributed by atoms with Gasteiger partial charge in [0.25, 0.3) is 0 Å². The molecule has 0 saturated carbocycles. The molecule has 0 spiro atoms. The molecule has 0 unspecified atom stereocenters. The number of Topliss-reactive ketones (excluding diaryl/α,β-unsaturated/α-hetero) is 1. The van der Waals surface area contributed by atoms with Crippen LogP contribution in [0, 0.1) is 0 Å². The van der Waals surface area contributed by atoms with Crippen LogP contribution < -0.4 is 15.4 Å². The van der Waals surface area contributed by atoms with Crippen LogP contribution in [0.25, 0.3) is 0 Å². The highest BCUT2D eigenvalue weighted by Gasteiger charge is 2.18. The van der Waals surface area contributed by atoms with E-state index in [1.165, 1.54) is 7.11 Å². The summed E-state index contributed by atoms with van der Waals surface area (Å²) in [7, 11) is 1.53. The van der Waals surface area contributed by atoms with Crippen molar-refractivity contribution in [2.45, 2.75) is 31.7 Å². The number of ketones is 1. The summed E-state index contributed by atoms with van der Waals surface area (Å²) < 4.78 is 6.02. The summed E-state index contributed by atoms with van der Waals surface area (Å²) in [6, 6.07) is 5.52. The highest BCUT2D eigenvalue weighted by molar-refractivity contribution is 9.10. The molecule has 0 radical (unpaired) electrons. The minimum Gasteiger partial charge on any atom is -0.496 e. The Morgan fingerprint density at radius 3 is 2.73 bits per heavy atom. The number of rotatable bonds is 6. The Kier molecular flexibility index (Phi) is 6.39. The number of ether oxygens (including phenoxy) is 1. The lowest BCUT2D eigenvalue weighted by Crippen LogP contribution is -2.42. The summed E-state index contributed by atoms with van der Waals surface area (Å²) in [5.41, 5.74) is 0.506. The van der Waals surface area contributed by atoms with Crippen LogP contribution in [0.4, 0.5) is 0 Å². The van der Waals surface area contributed by atoms with Gasteiger partial charge in [-0.25, -0.2) is 0 Å².